The first kappa shape index (κ1) is 19.7. The molecule has 5 nitrogen and oxygen atoms in total. The number of amides is 1. The lowest BCUT2D eigenvalue weighted by molar-refractivity contribution is -0.131. The molecule has 0 unspecified atom stereocenters. The fraction of sp³-hybridized carbons (Fsp3) is 0.348. The van der Waals surface area contributed by atoms with Crippen molar-refractivity contribution in [2.45, 2.75) is 36.6 Å². The molecule has 0 radical (unpaired) electrons. The first-order valence-corrected chi connectivity index (χ1v) is 11.0. The van der Waals surface area contributed by atoms with Crippen molar-refractivity contribution < 1.29 is 4.79 Å². The van der Waals surface area contributed by atoms with E-state index in [1.54, 1.807) is 0 Å². The van der Waals surface area contributed by atoms with Crippen LogP contribution in [-0.4, -0.2) is 44.3 Å². The third-order valence-electron chi connectivity index (χ3n) is 5.44. The number of nitrogens with zero attached hydrogens (tertiary/aromatic N) is 3. The molecular weight excluding hydrogens is 380 g/mol. The summed E-state index contributed by atoms with van der Waals surface area (Å²) in [6, 6.07) is 20.5. The predicted molar refractivity (Wildman–Crippen MR) is 117 cm³/mol. The van der Waals surface area contributed by atoms with E-state index in [4.69, 9.17) is 0 Å². The van der Waals surface area contributed by atoms with Gasteiger partial charge in [0.25, 0.3) is 0 Å². The van der Waals surface area contributed by atoms with E-state index in [2.05, 4.69) is 45.5 Å². The molecule has 1 N–H and O–H groups in total. The number of nitrogens with one attached hydrogen (secondary N) is 1. The van der Waals surface area contributed by atoms with E-state index >= 15 is 0 Å². The number of hydrogen-bond acceptors (Lipinski definition) is 4. The summed E-state index contributed by atoms with van der Waals surface area (Å²) in [5, 5.41) is 7.66. The van der Waals surface area contributed by atoms with E-state index in [0.29, 0.717) is 11.1 Å². The molecule has 1 atom stereocenters. The molecule has 3 aromatic rings. The van der Waals surface area contributed by atoms with E-state index in [1.807, 2.05) is 42.2 Å². The molecule has 0 spiro atoms. The molecule has 2 heterocycles. The third-order valence-corrected chi connectivity index (χ3v) is 6.38. The molecule has 29 heavy (non-hydrogen) atoms. The van der Waals surface area contributed by atoms with Crippen molar-refractivity contribution in [1.82, 2.24) is 20.1 Å². The van der Waals surface area contributed by atoms with Crippen LogP contribution in [0.2, 0.25) is 0 Å². The maximum absolute atomic E-state index is 12.9. The summed E-state index contributed by atoms with van der Waals surface area (Å²) in [5.74, 6) is 1.57. The molecule has 2 aromatic carbocycles. The Kier molecular flexibility index (Phi) is 6.30. The van der Waals surface area contributed by atoms with Crippen LogP contribution in [0, 0.1) is 5.92 Å². The largest absolute Gasteiger partial charge is 0.342 e. The first-order valence-electron chi connectivity index (χ1n) is 10.2. The Morgan fingerprint density at radius 3 is 2.45 bits per heavy atom. The topological polar surface area (TPSA) is 61.9 Å². The molecule has 1 fully saturated rings. The number of rotatable bonds is 6. The lowest BCUT2D eigenvalue weighted by Gasteiger charge is -2.33. The molecule has 4 rings (SSSR count). The van der Waals surface area contributed by atoms with Gasteiger partial charge < -0.3 is 4.90 Å². The van der Waals surface area contributed by atoms with Crippen LogP contribution in [0.25, 0.3) is 11.4 Å². The van der Waals surface area contributed by atoms with E-state index in [1.165, 1.54) is 17.3 Å². The van der Waals surface area contributed by atoms with Crippen molar-refractivity contribution >= 4 is 17.7 Å². The Morgan fingerprint density at radius 1 is 1.10 bits per heavy atom. The highest BCUT2D eigenvalue weighted by Crippen LogP contribution is 2.27. The molecule has 0 bridgehead atoms. The standard InChI is InChI=1S/C23H26N4OS/c1-17(29-23-24-21(25-26-23)20-10-6-3-7-11-20)22(28)27-14-12-19(13-15-27)16-18-8-4-2-5-9-18/h2-11,17,19H,12-16H2,1H3,(H,24,25,26)/t17-/m0/s1. The van der Waals surface area contributed by atoms with Gasteiger partial charge in [-0.15, -0.1) is 5.10 Å². The molecule has 1 aliphatic rings. The van der Waals surface area contributed by atoms with E-state index in [-0.39, 0.29) is 11.2 Å². The van der Waals surface area contributed by atoms with Gasteiger partial charge in [-0.1, -0.05) is 72.4 Å². The minimum absolute atomic E-state index is 0.180. The van der Waals surface area contributed by atoms with Gasteiger partial charge in [-0.25, -0.2) is 4.98 Å². The summed E-state index contributed by atoms with van der Waals surface area (Å²) in [4.78, 5) is 19.4. The zero-order valence-corrected chi connectivity index (χ0v) is 17.4. The zero-order valence-electron chi connectivity index (χ0n) is 16.6. The Hall–Kier alpha value is -2.60. The second kappa shape index (κ2) is 9.27. The molecule has 6 heteroatoms. The third kappa shape index (κ3) is 5.07. The number of likely N-dealkylation sites (tertiary alicyclic amines) is 1. The van der Waals surface area contributed by atoms with Gasteiger partial charge in [0.05, 0.1) is 5.25 Å². The van der Waals surface area contributed by atoms with Gasteiger partial charge in [0.1, 0.15) is 0 Å². The van der Waals surface area contributed by atoms with E-state index in [0.717, 1.165) is 43.7 Å². The van der Waals surface area contributed by atoms with E-state index in [9.17, 15) is 4.79 Å². The van der Waals surface area contributed by atoms with Crippen molar-refractivity contribution in [1.29, 1.82) is 0 Å². The predicted octanol–water partition coefficient (Wildman–Crippen LogP) is 4.43. The van der Waals surface area contributed by atoms with Crippen LogP contribution in [-0.2, 0) is 11.2 Å². The number of benzene rings is 2. The number of H-pyrrole nitrogens is 1. The number of carbonyl (C=O) groups is 1. The van der Waals surface area contributed by atoms with Crippen LogP contribution in [0.4, 0.5) is 0 Å². The number of thioether (sulfide) groups is 1. The Bertz CT molecular complexity index is 920. The van der Waals surface area contributed by atoms with Crippen LogP contribution in [0.15, 0.2) is 65.8 Å². The molecule has 1 aliphatic heterocycles. The van der Waals surface area contributed by atoms with Crippen LogP contribution in [0.3, 0.4) is 0 Å². The Balaban J connectivity index is 1.28. The van der Waals surface area contributed by atoms with Gasteiger partial charge in [-0.05, 0) is 37.7 Å². The number of carbonyl (C=O) groups excluding carboxylic acids is 1. The van der Waals surface area contributed by atoms with Gasteiger partial charge >= 0.3 is 0 Å². The smallest absolute Gasteiger partial charge is 0.235 e. The number of piperidine rings is 1. The summed E-state index contributed by atoms with van der Waals surface area (Å²) in [6.45, 7) is 3.62. The fourth-order valence-corrected chi connectivity index (χ4v) is 4.60. The van der Waals surface area contributed by atoms with Gasteiger partial charge in [0.2, 0.25) is 11.1 Å². The van der Waals surface area contributed by atoms with Gasteiger partial charge in [0, 0.05) is 18.7 Å². The minimum atomic E-state index is -0.194. The van der Waals surface area contributed by atoms with Crippen LogP contribution in [0.5, 0.6) is 0 Å². The average molecular weight is 407 g/mol. The number of aromatic nitrogens is 3. The Morgan fingerprint density at radius 2 is 1.76 bits per heavy atom. The summed E-state index contributed by atoms with van der Waals surface area (Å²) >= 11 is 1.42. The second-order valence-electron chi connectivity index (χ2n) is 7.55. The highest BCUT2D eigenvalue weighted by molar-refractivity contribution is 8.00. The molecule has 1 aromatic heterocycles. The van der Waals surface area contributed by atoms with Gasteiger partial charge in [-0.3, -0.25) is 9.89 Å². The van der Waals surface area contributed by atoms with E-state index < -0.39 is 0 Å². The summed E-state index contributed by atoms with van der Waals surface area (Å²) in [7, 11) is 0. The van der Waals surface area contributed by atoms with Crippen molar-refractivity contribution in [2.24, 2.45) is 5.92 Å². The second-order valence-corrected chi connectivity index (χ2v) is 8.86. The summed E-state index contributed by atoms with van der Waals surface area (Å²) < 4.78 is 0. The molecule has 0 saturated carbocycles. The maximum Gasteiger partial charge on any atom is 0.235 e. The lowest BCUT2D eigenvalue weighted by Crippen LogP contribution is -2.42. The van der Waals surface area contributed by atoms with Crippen LogP contribution >= 0.6 is 11.8 Å². The van der Waals surface area contributed by atoms with Crippen molar-refractivity contribution in [3.63, 3.8) is 0 Å². The number of aromatic amines is 1. The quantitative estimate of drug-likeness (QED) is 0.615. The molecule has 1 amide bonds. The zero-order chi connectivity index (χ0) is 20.1. The summed E-state index contributed by atoms with van der Waals surface area (Å²) in [6.07, 6.45) is 3.24. The molecule has 1 saturated heterocycles. The van der Waals surface area contributed by atoms with Gasteiger partial charge in [0.15, 0.2) is 5.82 Å². The first-order chi connectivity index (χ1) is 14.2. The molecule has 150 valence electrons. The molecular formula is C23H26N4OS. The van der Waals surface area contributed by atoms with Crippen molar-refractivity contribution in [3.05, 3.63) is 66.2 Å². The van der Waals surface area contributed by atoms with Crippen molar-refractivity contribution in [3.8, 4) is 11.4 Å². The SMILES string of the molecule is C[C@H](Sc1n[nH]c(-c2ccccc2)n1)C(=O)N1CCC(Cc2ccccc2)CC1. The molecule has 0 aliphatic carbocycles. The summed E-state index contributed by atoms with van der Waals surface area (Å²) in [5.41, 5.74) is 2.38. The monoisotopic (exact) mass is 406 g/mol. The van der Waals surface area contributed by atoms with Gasteiger partial charge in [-0.2, -0.15) is 0 Å². The average Bonchev–Trinajstić information content (AvgIpc) is 3.23. The van der Waals surface area contributed by atoms with Crippen LogP contribution < -0.4 is 0 Å². The minimum Gasteiger partial charge on any atom is -0.342 e. The normalized spacial score (nSPS) is 16.0. The highest BCUT2D eigenvalue weighted by Gasteiger charge is 2.27. The lowest BCUT2D eigenvalue weighted by atomic mass is 9.90. The highest BCUT2D eigenvalue weighted by atomic mass is 32.2. The number of hydrogen-bond donors (Lipinski definition) is 1. The Labute approximate surface area is 175 Å². The van der Waals surface area contributed by atoms with Crippen molar-refractivity contribution in [2.75, 3.05) is 13.1 Å². The maximum atomic E-state index is 12.9. The van der Waals surface area contributed by atoms with Crippen LogP contribution in [0.1, 0.15) is 25.3 Å². The fourth-order valence-electron chi connectivity index (χ4n) is 3.79.